The summed E-state index contributed by atoms with van der Waals surface area (Å²) in [5.41, 5.74) is 12.6. The summed E-state index contributed by atoms with van der Waals surface area (Å²) in [6.07, 6.45) is 0.788. The molecule has 14 nitrogen and oxygen atoms in total. The Labute approximate surface area is 236 Å². The first-order valence-corrected chi connectivity index (χ1v) is 13.3. The number of hydrogen-bond donors (Lipinski definition) is 8. The molecule has 10 N–H and O–H groups in total. The SMILES string of the molecule is CCC(C)C(N)C(=O)NC(CCC(=O)O)C(=O)NC(CCC(N)=O)C(=O)NC(Cc1c[nH]c2ccccc12)C(=O)O. The molecule has 0 bridgehead atoms. The van der Waals surface area contributed by atoms with E-state index >= 15 is 0 Å². The van der Waals surface area contributed by atoms with Crippen LogP contribution < -0.4 is 27.4 Å². The monoisotopic (exact) mass is 574 g/mol. The van der Waals surface area contributed by atoms with Crippen LogP contribution in [-0.2, 0) is 35.2 Å². The number of rotatable bonds is 17. The van der Waals surface area contributed by atoms with Gasteiger partial charge < -0.3 is 42.6 Å². The predicted molar refractivity (Wildman–Crippen MR) is 148 cm³/mol. The van der Waals surface area contributed by atoms with Gasteiger partial charge in [-0.2, -0.15) is 0 Å². The highest BCUT2D eigenvalue weighted by molar-refractivity contribution is 5.95. The molecule has 2 rings (SSSR count). The Morgan fingerprint density at radius 1 is 0.878 bits per heavy atom. The van der Waals surface area contributed by atoms with Crippen molar-refractivity contribution in [1.82, 2.24) is 20.9 Å². The van der Waals surface area contributed by atoms with Gasteiger partial charge in [0.05, 0.1) is 6.04 Å². The van der Waals surface area contributed by atoms with Gasteiger partial charge in [0.25, 0.3) is 0 Å². The van der Waals surface area contributed by atoms with Crippen LogP contribution in [0.3, 0.4) is 0 Å². The fraction of sp³-hybridized carbons (Fsp3) is 0.481. The number of hydrogen-bond acceptors (Lipinski definition) is 7. The summed E-state index contributed by atoms with van der Waals surface area (Å²) < 4.78 is 0. The van der Waals surface area contributed by atoms with E-state index in [1.165, 1.54) is 0 Å². The number of H-pyrrole nitrogens is 1. The van der Waals surface area contributed by atoms with E-state index in [1.54, 1.807) is 25.3 Å². The van der Waals surface area contributed by atoms with Gasteiger partial charge in [0.15, 0.2) is 0 Å². The molecule has 14 heteroatoms. The second kappa shape index (κ2) is 15.4. The summed E-state index contributed by atoms with van der Waals surface area (Å²) in [5.74, 6) is -6.00. The lowest BCUT2D eigenvalue weighted by molar-refractivity contribution is -0.142. The van der Waals surface area contributed by atoms with Crippen molar-refractivity contribution in [2.24, 2.45) is 17.4 Å². The number of aliphatic carboxylic acids is 2. The smallest absolute Gasteiger partial charge is 0.326 e. The molecule has 1 heterocycles. The Hall–Kier alpha value is -4.46. The molecule has 0 saturated heterocycles. The van der Waals surface area contributed by atoms with E-state index in [0.717, 1.165) is 10.9 Å². The number of nitrogens with two attached hydrogens (primary N) is 2. The van der Waals surface area contributed by atoms with Crippen LogP contribution in [0.2, 0.25) is 0 Å². The van der Waals surface area contributed by atoms with Crippen LogP contribution in [0, 0.1) is 5.92 Å². The Kier molecular flexibility index (Phi) is 12.3. The van der Waals surface area contributed by atoms with Gasteiger partial charge in [-0.15, -0.1) is 0 Å². The first-order valence-electron chi connectivity index (χ1n) is 13.3. The molecule has 0 fully saturated rings. The number of para-hydroxylation sites is 1. The zero-order chi connectivity index (χ0) is 30.7. The lowest BCUT2D eigenvalue weighted by Gasteiger charge is -2.26. The minimum absolute atomic E-state index is 0.0770. The minimum atomic E-state index is -1.41. The number of primary amides is 1. The predicted octanol–water partition coefficient (Wildman–Crippen LogP) is -0.247. The molecule has 4 amide bonds. The van der Waals surface area contributed by atoms with Crippen LogP contribution in [-0.4, -0.2) is 74.9 Å². The third-order valence-electron chi connectivity index (χ3n) is 6.87. The van der Waals surface area contributed by atoms with Crippen molar-refractivity contribution in [3.63, 3.8) is 0 Å². The maximum Gasteiger partial charge on any atom is 0.326 e. The standard InChI is InChI=1S/C27H38N6O8/c1-3-14(2)23(29)26(39)32-19(9-11-22(35)36)24(37)31-18(8-10-21(28)34)25(38)33-20(27(40)41)12-15-13-30-17-7-5-4-6-16(15)17/h4-7,13-14,18-20,23,30H,3,8-12,29H2,1-2H3,(H2,28,34)(H,31,37)(H,32,39)(H,33,38)(H,35,36)(H,40,41). The number of amides is 4. The van der Waals surface area contributed by atoms with Crippen LogP contribution in [0.1, 0.15) is 51.5 Å². The summed E-state index contributed by atoms with van der Waals surface area (Å²) in [6, 6.07) is 2.11. The Morgan fingerprint density at radius 3 is 2.00 bits per heavy atom. The van der Waals surface area contributed by atoms with E-state index in [9.17, 15) is 33.9 Å². The molecule has 5 unspecified atom stereocenters. The van der Waals surface area contributed by atoms with Gasteiger partial charge in [0.2, 0.25) is 23.6 Å². The van der Waals surface area contributed by atoms with Crippen LogP contribution >= 0.6 is 0 Å². The number of benzene rings is 1. The Morgan fingerprint density at radius 2 is 1.44 bits per heavy atom. The van der Waals surface area contributed by atoms with E-state index < -0.39 is 66.2 Å². The molecule has 2 aromatic rings. The first-order chi connectivity index (χ1) is 19.3. The van der Waals surface area contributed by atoms with Gasteiger partial charge >= 0.3 is 11.9 Å². The summed E-state index contributed by atoms with van der Waals surface area (Å²) >= 11 is 0. The maximum absolute atomic E-state index is 13.2. The molecule has 0 aliphatic carbocycles. The third kappa shape index (κ3) is 9.90. The summed E-state index contributed by atoms with van der Waals surface area (Å²) in [6.45, 7) is 3.58. The number of carboxylic acids is 2. The zero-order valence-corrected chi connectivity index (χ0v) is 23.0. The molecule has 0 saturated carbocycles. The molecule has 224 valence electrons. The Balaban J connectivity index is 2.22. The zero-order valence-electron chi connectivity index (χ0n) is 23.0. The second-order valence-electron chi connectivity index (χ2n) is 9.93. The quantitative estimate of drug-likeness (QED) is 0.124. The van der Waals surface area contributed by atoms with E-state index in [-0.39, 0.29) is 31.6 Å². The third-order valence-corrected chi connectivity index (χ3v) is 6.87. The number of carboxylic acid groups (broad SMARTS) is 2. The van der Waals surface area contributed by atoms with Crippen molar-refractivity contribution in [3.05, 3.63) is 36.0 Å². The largest absolute Gasteiger partial charge is 0.481 e. The number of carbonyl (C=O) groups is 6. The van der Waals surface area contributed by atoms with Gasteiger partial charge in [-0.05, 0) is 30.4 Å². The molecule has 1 aromatic carbocycles. The van der Waals surface area contributed by atoms with Gasteiger partial charge in [-0.1, -0.05) is 38.5 Å². The van der Waals surface area contributed by atoms with Crippen molar-refractivity contribution >= 4 is 46.5 Å². The number of aromatic nitrogens is 1. The average Bonchev–Trinajstić information content (AvgIpc) is 3.33. The second-order valence-corrected chi connectivity index (χ2v) is 9.93. The van der Waals surface area contributed by atoms with Crippen LogP contribution in [0.15, 0.2) is 30.5 Å². The normalized spacial score (nSPS) is 14.7. The van der Waals surface area contributed by atoms with Crippen molar-refractivity contribution < 1.29 is 39.0 Å². The fourth-order valence-electron chi connectivity index (χ4n) is 4.14. The molecule has 0 radical (unpaired) electrons. The van der Waals surface area contributed by atoms with Crippen molar-refractivity contribution in [1.29, 1.82) is 0 Å². The lowest BCUT2D eigenvalue weighted by Crippen LogP contribution is -2.58. The van der Waals surface area contributed by atoms with Crippen molar-refractivity contribution in [2.45, 2.75) is 76.5 Å². The molecule has 1 aromatic heterocycles. The van der Waals surface area contributed by atoms with E-state index in [2.05, 4.69) is 20.9 Å². The highest BCUT2D eigenvalue weighted by Crippen LogP contribution is 2.19. The van der Waals surface area contributed by atoms with Gasteiger partial charge in [-0.25, -0.2) is 4.79 Å². The Bertz CT molecular complexity index is 1260. The molecule has 41 heavy (non-hydrogen) atoms. The average molecular weight is 575 g/mol. The van der Waals surface area contributed by atoms with Crippen LogP contribution in [0.5, 0.6) is 0 Å². The highest BCUT2D eigenvalue weighted by Gasteiger charge is 2.31. The summed E-state index contributed by atoms with van der Waals surface area (Å²) in [5, 5.41) is 26.9. The van der Waals surface area contributed by atoms with Crippen molar-refractivity contribution in [2.75, 3.05) is 0 Å². The van der Waals surface area contributed by atoms with Crippen molar-refractivity contribution in [3.8, 4) is 0 Å². The molecular weight excluding hydrogens is 536 g/mol. The summed E-state index contributed by atoms with van der Waals surface area (Å²) in [4.78, 5) is 76.7. The molecule has 5 atom stereocenters. The molecular formula is C27H38N6O8. The minimum Gasteiger partial charge on any atom is -0.481 e. The van der Waals surface area contributed by atoms with Crippen LogP contribution in [0.25, 0.3) is 10.9 Å². The fourth-order valence-corrected chi connectivity index (χ4v) is 4.14. The molecule has 0 aliphatic heterocycles. The van der Waals surface area contributed by atoms with E-state index in [4.69, 9.17) is 16.6 Å². The van der Waals surface area contributed by atoms with Gasteiger partial charge in [0.1, 0.15) is 18.1 Å². The molecule has 0 aliphatic rings. The van der Waals surface area contributed by atoms with Crippen LogP contribution in [0.4, 0.5) is 0 Å². The van der Waals surface area contributed by atoms with Gasteiger partial charge in [0, 0.05) is 36.4 Å². The number of nitrogens with one attached hydrogen (secondary N) is 4. The first kappa shape index (κ1) is 32.8. The maximum atomic E-state index is 13.2. The molecule has 0 spiro atoms. The topological polar surface area (TPSA) is 247 Å². The summed E-state index contributed by atoms with van der Waals surface area (Å²) in [7, 11) is 0. The number of carbonyl (C=O) groups excluding carboxylic acids is 4. The van der Waals surface area contributed by atoms with E-state index in [1.807, 2.05) is 19.1 Å². The lowest BCUT2D eigenvalue weighted by atomic mass is 9.98. The van der Waals surface area contributed by atoms with Gasteiger partial charge in [-0.3, -0.25) is 24.0 Å². The number of aromatic amines is 1. The highest BCUT2D eigenvalue weighted by atomic mass is 16.4. The number of fused-ring (bicyclic) bond motifs is 1. The van der Waals surface area contributed by atoms with E-state index in [0.29, 0.717) is 12.0 Å².